The van der Waals surface area contributed by atoms with Crippen molar-refractivity contribution in [2.75, 3.05) is 6.54 Å². The molecule has 7 heteroatoms. The molecule has 2 aromatic rings. The highest BCUT2D eigenvalue weighted by Crippen LogP contribution is 2.36. The molecule has 1 N–H and O–H groups in total. The van der Waals surface area contributed by atoms with Crippen molar-refractivity contribution in [1.82, 2.24) is 14.7 Å². The molecule has 0 amide bonds. The molecule has 1 aromatic carbocycles. The van der Waals surface area contributed by atoms with E-state index >= 15 is 0 Å². The maximum atomic E-state index is 12.9. The van der Waals surface area contributed by atoms with E-state index in [4.69, 9.17) is 0 Å². The molecule has 1 saturated heterocycles. The van der Waals surface area contributed by atoms with Crippen LogP contribution in [-0.4, -0.2) is 32.4 Å². The molecule has 124 valence electrons. The number of hydrogen-bond acceptors (Lipinski definition) is 3. The Balaban J connectivity index is 1.84. The third kappa shape index (κ3) is 3.56. The number of aryl methyl sites for hydroxylation is 1. The van der Waals surface area contributed by atoms with Gasteiger partial charge in [-0.05, 0) is 24.1 Å². The number of benzene rings is 1. The predicted molar refractivity (Wildman–Crippen MR) is 78.4 cm³/mol. The van der Waals surface area contributed by atoms with Gasteiger partial charge in [0.25, 0.3) is 0 Å². The lowest BCUT2D eigenvalue weighted by atomic mass is 10.0. The number of rotatable bonds is 3. The Kier molecular flexibility index (Phi) is 4.16. The van der Waals surface area contributed by atoms with E-state index in [0.717, 1.165) is 11.6 Å². The van der Waals surface area contributed by atoms with Crippen molar-refractivity contribution in [1.29, 1.82) is 0 Å². The van der Waals surface area contributed by atoms with Crippen LogP contribution in [0, 0.1) is 0 Å². The number of nitrogens with zero attached hydrogens (tertiary/aromatic N) is 3. The molecule has 3 rings (SSSR count). The van der Waals surface area contributed by atoms with Crippen LogP contribution in [0.4, 0.5) is 13.2 Å². The van der Waals surface area contributed by atoms with E-state index < -0.39 is 17.8 Å². The first-order valence-corrected chi connectivity index (χ1v) is 7.40. The van der Waals surface area contributed by atoms with Crippen LogP contribution in [0.5, 0.6) is 0 Å². The lowest BCUT2D eigenvalue weighted by Gasteiger charge is -2.24. The minimum absolute atomic E-state index is 0.229. The average Bonchev–Trinajstić information content (AvgIpc) is 3.04. The summed E-state index contributed by atoms with van der Waals surface area (Å²) in [6.07, 6.45) is -0.865. The van der Waals surface area contributed by atoms with Crippen molar-refractivity contribution in [3.63, 3.8) is 0 Å². The van der Waals surface area contributed by atoms with Crippen LogP contribution in [0.25, 0.3) is 0 Å². The van der Waals surface area contributed by atoms with Gasteiger partial charge < -0.3 is 5.11 Å². The van der Waals surface area contributed by atoms with E-state index in [1.807, 2.05) is 18.1 Å². The molecule has 1 aliphatic rings. The Bertz CT molecular complexity index is 683. The van der Waals surface area contributed by atoms with Crippen LogP contribution < -0.4 is 0 Å². The molecule has 0 aliphatic carbocycles. The van der Waals surface area contributed by atoms with Crippen molar-refractivity contribution in [3.05, 3.63) is 53.3 Å². The van der Waals surface area contributed by atoms with Gasteiger partial charge in [0.05, 0.1) is 17.9 Å². The summed E-state index contributed by atoms with van der Waals surface area (Å²) in [5.74, 6) is 0. The fourth-order valence-electron chi connectivity index (χ4n) is 3.11. The van der Waals surface area contributed by atoms with E-state index in [2.05, 4.69) is 5.10 Å². The molecular formula is C16H18F3N3O. The second kappa shape index (κ2) is 5.98. The largest absolute Gasteiger partial charge is 0.416 e. The minimum Gasteiger partial charge on any atom is -0.392 e. The van der Waals surface area contributed by atoms with Gasteiger partial charge in [-0.3, -0.25) is 9.58 Å². The number of halogens is 3. The van der Waals surface area contributed by atoms with Crippen LogP contribution in [0.2, 0.25) is 0 Å². The fourth-order valence-corrected chi connectivity index (χ4v) is 3.11. The topological polar surface area (TPSA) is 41.3 Å². The van der Waals surface area contributed by atoms with Gasteiger partial charge in [0.15, 0.2) is 0 Å². The number of β-amino-alcohol motifs (C(OH)–C–C–N with tert-alkyl or cyclic N) is 1. The average molecular weight is 325 g/mol. The molecular weight excluding hydrogens is 307 g/mol. The van der Waals surface area contributed by atoms with Crippen LogP contribution in [0.1, 0.15) is 29.2 Å². The molecule has 0 spiro atoms. The van der Waals surface area contributed by atoms with Crippen molar-refractivity contribution in [3.8, 4) is 0 Å². The maximum Gasteiger partial charge on any atom is 0.416 e. The number of hydrogen-bond donors (Lipinski definition) is 1. The van der Waals surface area contributed by atoms with Crippen LogP contribution >= 0.6 is 0 Å². The van der Waals surface area contributed by atoms with Gasteiger partial charge in [-0.1, -0.05) is 12.1 Å². The summed E-state index contributed by atoms with van der Waals surface area (Å²) in [5.41, 5.74) is 0.900. The Labute approximate surface area is 132 Å². The summed E-state index contributed by atoms with van der Waals surface area (Å²) >= 11 is 0. The van der Waals surface area contributed by atoms with Crippen molar-refractivity contribution < 1.29 is 18.3 Å². The maximum absolute atomic E-state index is 12.9. The van der Waals surface area contributed by atoms with Crippen LogP contribution in [0.15, 0.2) is 36.7 Å². The number of alkyl halides is 3. The zero-order valence-corrected chi connectivity index (χ0v) is 12.7. The van der Waals surface area contributed by atoms with E-state index in [1.54, 1.807) is 16.9 Å². The number of aliphatic hydroxyl groups excluding tert-OH is 1. The Morgan fingerprint density at radius 1 is 1.35 bits per heavy atom. The van der Waals surface area contributed by atoms with Gasteiger partial charge in [0.2, 0.25) is 0 Å². The summed E-state index contributed by atoms with van der Waals surface area (Å²) in [6.45, 7) is 0.988. The lowest BCUT2D eigenvalue weighted by molar-refractivity contribution is -0.137. The van der Waals surface area contributed by atoms with E-state index in [-0.39, 0.29) is 6.04 Å². The lowest BCUT2D eigenvalue weighted by Crippen LogP contribution is -2.24. The number of aromatic nitrogens is 2. The summed E-state index contributed by atoms with van der Waals surface area (Å²) < 4.78 is 40.4. The second-order valence-electron chi connectivity index (χ2n) is 5.98. The number of likely N-dealkylation sites (tertiary alicyclic amines) is 1. The van der Waals surface area contributed by atoms with E-state index in [9.17, 15) is 18.3 Å². The molecule has 0 unspecified atom stereocenters. The predicted octanol–water partition coefficient (Wildman–Crippen LogP) is 2.75. The van der Waals surface area contributed by atoms with Crippen LogP contribution in [0.3, 0.4) is 0 Å². The smallest absolute Gasteiger partial charge is 0.392 e. The van der Waals surface area contributed by atoms with Crippen LogP contribution in [-0.2, 0) is 19.8 Å². The molecule has 4 nitrogen and oxygen atoms in total. The van der Waals surface area contributed by atoms with Gasteiger partial charge in [0.1, 0.15) is 0 Å². The standard InChI is InChI=1S/C16H18F3N3O/c1-21-8-11(7-20-21)9-22-10-14(23)6-15(22)12-3-2-4-13(5-12)16(17,18)19/h2-5,7-8,14-15,23H,6,9-10H2,1H3/t14-,15+/m0/s1. The van der Waals surface area contributed by atoms with Gasteiger partial charge in [-0.15, -0.1) is 0 Å². The normalized spacial score (nSPS) is 22.7. The second-order valence-corrected chi connectivity index (χ2v) is 5.98. The van der Waals surface area contributed by atoms with E-state index in [1.165, 1.54) is 12.1 Å². The van der Waals surface area contributed by atoms with E-state index in [0.29, 0.717) is 25.1 Å². The molecule has 0 saturated carbocycles. The first kappa shape index (κ1) is 16.0. The molecule has 1 aliphatic heterocycles. The zero-order valence-electron chi connectivity index (χ0n) is 12.7. The van der Waals surface area contributed by atoms with Gasteiger partial charge in [-0.2, -0.15) is 18.3 Å². The van der Waals surface area contributed by atoms with Gasteiger partial charge >= 0.3 is 6.18 Å². The highest BCUT2D eigenvalue weighted by Gasteiger charge is 2.35. The Morgan fingerprint density at radius 3 is 2.78 bits per heavy atom. The molecule has 23 heavy (non-hydrogen) atoms. The number of aliphatic hydroxyl groups is 1. The Hall–Kier alpha value is -1.86. The summed E-state index contributed by atoms with van der Waals surface area (Å²) in [7, 11) is 1.81. The van der Waals surface area contributed by atoms with Crippen molar-refractivity contribution in [2.45, 2.75) is 31.3 Å². The third-order valence-electron chi connectivity index (χ3n) is 4.12. The highest BCUT2D eigenvalue weighted by molar-refractivity contribution is 5.29. The molecule has 1 fully saturated rings. The summed E-state index contributed by atoms with van der Waals surface area (Å²) in [4.78, 5) is 2.00. The molecule has 1 aromatic heterocycles. The SMILES string of the molecule is Cn1cc(CN2C[C@@H](O)C[C@@H]2c2cccc(C(F)(F)F)c2)cn1. The fraction of sp³-hybridized carbons (Fsp3) is 0.438. The van der Waals surface area contributed by atoms with Crippen molar-refractivity contribution >= 4 is 0 Å². The first-order valence-electron chi connectivity index (χ1n) is 7.40. The summed E-state index contributed by atoms with van der Waals surface area (Å²) in [5, 5.41) is 14.1. The molecule has 0 radical (unpaired) electrons. The summed E-state index contributed by atoms with van der Waals surface area (Å²) in [6, 6.07) is 5.13. The molecule has 2 atom stereocenters. The third-order valence-corrected chi connectivity index (χ3v) is 4.12. The quantitative estimate of drug-likeness (QED) is 0.943. The van der Waals surface area contributed by atoms with Gasteiger partial charge in [-0.25, -0.2) is 0 Å². The van der Waals surface area contributed by atoms with Gasteiger partial charge in [0, 0.05) is 37.9 Å². The Morgan fingerprint density at radius 2 is 2.13 bits per heavy atom. The first-order chi connectivity index (χ1) is 10.8. The van der Waals surface area contributed by atoms with Crippen molar-refractivity contribution in [2.24, 2.45) is 7.05 Å². The molecule has 0 bridgehead atoms. The zero-order chi connectivity index (χ0) is 16.6. The molecule has 2 heterocycles. The monoisotopic (exact) mass is 325 g/mol. The highest BCUT2D eigenvalue weighted by atomic mass is 19.4. The minimum atomic E-state index is -4.36.